The van der Waals surface area contributed by atoms with Gasteiger partial charge in [-0.15, -0.1) is 0 Å². The van der Waals surface area contributed by atoms with Crippen LogP contribution in [0, 0.1) is 6.92 Å². The highest BCUT2D eigenvalue weighted by atomic mass is 32.2. The summed E-state index contributed by atoms with van der Waals surface area (Å²) in [5, 5.41) is 4.48. The fraction of sp³-hybridized carbons (Fsp3) is 0.357. The third kappa shape index (κ3) is 5.09. The molecule has 0 aromatic heterocycles. The number of carbonyl (C=O) groups is 2. The molecule has 7 nitrogen and oxygen atoms in total. The summed E-state index contributed by atoms with van der Waals surface area (Å²) < 4.78 is 27.8. The van der Waals surface area contributed by atoms with Gasteiger partial charge in [-0.3, -0.25) is 13.9 Å². The van der Waals surface area contributed by atoms with Crippen molar-refractivity contribution in [3.63, 3.8) is 0 Å². The third-order valence-corrected chi connectivity index (χ3v) is 8.48. The van der Waals surface area contributed by atoms with Crippen molar-refractivity contribution in [1.29, 1.82) is 0 Å². The van der Waals surface area contributed by atoms with E-state index in [1.54, 1.807) is 24.0 Å². The SMILES string of the molecule is CCCNC(=O)[C@H](C)N(Cc1ccc(C)cc1)C(=O)CCCN1c2cccc3cccc(c23)S1(=O)=O. The van der Waals surface area contributed by atoms with Gasteiger partial charge in [-0.05, 0) is 49.8 Å². The second-order valence-electron chi connectivity index (χ2n) is 9.29. The number of nitrogens with zero attached hydrogens (tertiary/aromatic N) is 2. The number of carbonyl (C=O) groups excluding carboxylic acids is 2. The Balaban J connectivity index is 1.48. The molecule has 0 radical (unpaired) electrons. The van der Waals surface area contributed by atoms with Gasteiger partial charge in [0.15, 0.2) is 0 Å². The first-order valence-electron chi connectivity index (χ1n) is 12.4. The number of amides is 2. The first-order valence-corrected chi connectivity index (χ1v) is 13.8. The lowest BCUT2D eigenvalue weighted by Gasteiger charge is -2.29. The number of sulfonamides is 1. The van der Waals surface area contributed by atoms with E-state index >= 15 is 0 Å². The van der Waals surface area contributed by atoms with Gasteiger partial charge in [-0.1, -0.05) is 61.0 Å². The quantitative estimate of drug-likeness (QED) is 0.441. The van der Waals surface area contributed by atoms with Crippen molar-refractivity contribution < 1.29 is 18.0 Å². The van der Waals surface area contributed by atoms with Crippen LogP contribution in [0.1, 0.15) is 44.2 Å². The van der Waals surface area contributed by atoms with E-state index in [4.69, 9.17) is 0 Å². The van der Waals surface area contributed by atoms with Crippen LogP contribution in [-0.4, -0.2) is 44.3 Å². The van der Waals surface area contributed by atoms with E-state index in [9.17, 15) is 18.0 Å². The number of benzene rings is 3. The van der Waals surface area contributed by atoms with Crippen LogP contribution >= 0.6 is 0 Å². The largest absolute Gasteiger partial charge is 0.354 e. The van der Waals surface area contributed by atoms with Crippen molar-refractivity contribution in [2.75, 3.05) is 17.4 Å². The molecule has 4 rings (SSSR count). The predicted octanol–water partition coefficient (Wildman–Crippen LogP) is 4.38. The van der Waals surface area contributed by atoms with Gasteiger partial charge >= 0.3 is 0 Å². The standard InChI is InChI=1S/C28H33N3O4S/c1-4-17-29-28(33)21(3)30(19-22-15-13-20(2)14-16-22)26(32)12-7-18-31-24-10-5-8-23-9-6-11-25(27(23)24)36(31,34)35/h5-6,8-11,13-16,21H,4,7,12,17-19H2,1-3H3,(H,29,33)/t21-/m0/s1. The van der Waals surface area contributed by atoms with Crippen LogP contribution < -0.4 is 9.62 Å². The highest BCUT2D eigenvalue weighted by molar-refractivity contribution is 7.93. The van der Waals surface area contributed by atoms with Crippen molar-refractivity contribution in [3.8, 4) is 0 Å². The Hall–Kier alpha value is -3.39. The molecule has 1 aliphatic rings. The molecule has 0 spiro atoms. The number of aryl methyl sites for hydroxylation is 1. The lowest BCUT2D eigenvalue weighted by atomic mass is 10.1. The molecular weight excluding hydrogens is 474 g/mol. The molecule has 0 unspecified atom stereocenters. The van der Waals surface area contributed by atoms with E-state index in [2.05, 4.69) is 5.32 Å². The van der Waals surface area contributed by atoms with Crippen LogP contribution in [0.3, 0.4) is 0 Å². The Bertz CT molecular complexity index is 1360. The van der Waals surface area contributed by atoms with Gasteiger partial charge in [0.05, 0.1) is 10.6 Å². The Morgan fingerprint density at radius 1 is 1.03 bits per heavy atom. The number of hydrogen-bond acceptors (Lipinski definition) is 4. The molecule has 0 bridgehead atoms. The summed E-state index contributed by atoms with van der Waals surface area (Å²) >= 11 is 0. The maximum Gasteiger partial charge on any atom is 0.265 e. The molecule has 0 fully saturated rings. The fourth-order valence-corrected chi connectivity index (χ4v) is 6.33. The van der Waals surface area contributed by atoms with E-state index in [-0.39, 0.29) is 24.8 Å². The molecule has 0 aliphatic carbocycles. The maximum absolute atomic E-state index is 13.4. The van der Waals surface area contributed by atoms with Gasteiger partial charge in [0, 0.05) is 31.4 Å². The average molecular weight is 508 g/mol. The van der Waals surface area contributed by atoms with Gasteiger partial charge in [0.2, 0.25) is 11.8 Å². The van der Waals surface area contributed by atoms with Crippen molar-refractivity contribution in [2.45, 2.75) is 57.5 Å². The topological polar surface area (TPSA) is 86.8 Å². The summed E-state index contributed by atoms with van der Waals surface area (Å²) in [7, 11) is -3.67. The van der Waals surface area contributed by atoms with Gasteiger partial charge < -0.3 is 10.2 Å². The zero-order valence-electron chi connectivity index (χ0n) is 21.0. The zero-order chi connectivity index (χ0) is 25.9. The van der Waals surface area contributed by atoms with E-state index in [1.807, 2.05) is 62.4 Å². The third-order valence-electron chi connectivity index (χ3n) is 6.62. The summed E-state index contributed by atoms with van der Waals surface area (Å²) in [6, 6.07) is 18.1. The molecule has 1 N–H and O–H groups in total. The van der Waals surface area contributed by atoms with Crippen molar-refractivity contribution >= 4 is 38.3 Å². The van der Waals surface area contributed by atoms with Gasteiger partial charge in [-0.25, -0.2) is 8.42 Å². The lowest BCUT2D eigenvalue weighted by molar-refractivity contribution is -0.140. The molecule has 0 saturated heterocycles. The van der Waals surface area contributed by atoms with Gasteiger partial charge in [0.1, 0.15) is 6.04 Å². The molecule has 3 aromatic rings. The summed E-state index contributed by atoms with van der Waals surface area (Å²) in [6.07, 6.45) is 1.29. The van der Waals surface area contributed by atoms with Crippen molar-refractivity contribution in [1.82, 2.24) is 10.2 Å². The number of nitrogens with one attached hydrogen (secondary N) is 1. The summed E-state index contributed by atoms with van der Waals surface area (Å²) in [4.78, 5) is 28.0. The van der Waals surface area contributed by atoms with Crippen LogP contribution in [0.2, 0.25) is 0 Å². The highest BCUT2D eigenvalue weighted by Gasteiger charge is 2.35. The van der Waals surface area contributed by atoms with Crippen LogP contribution in [0.4, 0.5) is 5.69 Å². The van der Waals surface area contributed by atoms with Crippen LogP contribution in [0.25, 0.3) is 10.8 Å². The predicted molar refractivity (Wildman–Crippen MR) is 142 cm³/mol. The molecule has 3 aromatic carbocycles. The minimum Gasteiger partial charge on any atom is -0.354 e. The molecule has 1 atom stereocenters. The monoisotopic (exact) mass is 507 g/mol. The first-order chi connectivity index (χ1) is 17.2. The Labute approximate surface area is 213 Å². The summed E-state index contributed by atoms with van der Waals surface area (Å²) in [5.41, 5.74) is 2.71. The van der Waals surface area contributed by atoms with E-state index in [1.165, 1.54) is 4.31 Å². The molecule has 1 aliphatic heterocycles. The van der Waals surface area contributed by atoms with Crippen molar-refractivity contribution in [2.24, 2.45) is 0 Å². The average Bonchev–Trinajstić information content (AvgIpc) is 3.09. The summed E-state index contributed by atoms with van der Waals surface area (Å²) in [6.45, 7) is 6.77. The molecule has 2 amide bonds. The summed E-state index contributed by atoms with van der Waals surface area (Å²) in [5.74, 6) is -0.372. The number of rotatable bonds is 10. The smallest absolute Gasteiger partial charge is 0.265 e. The van der Waals surface area contributed by atoms with Gasteiger partial charge in [-0.2, -0.15) is 0 Å². The molecular formula is C28H33N3O4S. The molecule has 0 saturated carbocycles. The normalized spacial score (nSPS) is 14.6. The molecule has 36 heavy (non-hydrogen) atoms. The second kappa shape index (κ2) is 10.7. The Kier molecular flexibility index (Phi) is 7.64. The zero-order valence-corrected chi connectivity index (χ0v) is 21.8. The minimum atomic E-state index is -3.67. The fourth-order valence-electron chi connectivity index (χ4n) is 4.59. The van der Waals surface area contributed by atoms with Crippen molar-refractivity contribution in [3.05, 3.63) is 71.8 Å². The molecule has 190 valence electrons. The molecule has 1 heterocycles. The Morgan fingerprint density at radius 2 is 1.72 bits per heavy atom. The number of anilines is 1. The lowest BCUT2D eigenvalue weighted by Crippen LogP contribution is -2.47. The van der Waals surface area contributed by atoms with E-state index in [0.717, 1.165) is 28.3 Å². The highest BCUT2D eigenvalue weighted by Crippen LogP contribution is 2.42. The van der Waals surface area contributed by atoms with E-state index < -0.39 is 16.1 Å². The van der Waals surface area contributed by atoms with Crippen LogP contribution in [-0.2, 0) is 26.2 Å². The van der Waals surface area contributed by atoms with Crippen LogP contribution in [0.15, 0.2) is 65.6 Å². The second-order valence-corrected chi connectivity index (χ2v) is 11.1. The van der Waals surface area contributed by atoms with E-state index in [0.29, 0.717) is 30.1 Å². The number of hydrogen-bond donors (Lipinski definition) is 1. The molecule has 8 heteroatoms. The first kappa shape index (κ1) is 25.7. The van der Waals surface area contributed by atoms with Crippen LogP contribution in [0.5, 0.6) is 0 Å². The maximum atomic E-state index is 13.4. The Morgan fingerprint density at radius 3 is 2.42 bits per heavy atom. The minimum absolute atomic E-state index is 0.135. The van der Waals surface area contributed by atoms with Gasteiger partial charge in [0.25, 0.3) is 10.0 Å².